The molecule has 0 unspecified atom stereocenters. The minimum absolute atomic E-state index is 0.0836. The number of amides is 2. The Kier molecular flexibility index (Phi) is 7.68. The Balaban J connectivity index is 1.86. The van der Waals surface area contributed by atoms with Gasteiger partial charge in [-0.2, -0.15) is 0 Å². The summed E-state index contributed by atoms with van der Waals surface area (Å²) in [5, 5.41) is 5.54. The summed E-state index contributed by atoms with van der Waals surface area (Å²) in [6.07, 6.45) is 2.29. The Morgan fingerprint density at radius 2 is 2.07 bits per heavy atom. The van der Waals surface area contributed by atoms with Crippen LogP contribution in [0.1, 0.15) is 13.3 Å². The van der Waals surface area contributed by atoms with Crippen LogP contribution in [0.2, 0.25) is 5.02 Å². The van der Waals surface area contributed by atoms with Crippen molar-refractivity contribution in [3.05, 3.63) is 47.6 Å². The number of sulfonamides is 1. The number of carbonyl (C=O) groups is 1. The second-order valence-corrected chi connectivity index (χ2v) is 7.78. The first kappa shape index (κ1) is 20.8. The van der Waals surface area contributed by atoms with E-state index in [9.17, 15) is 13.2 Å². The van der Waals surface area contributed by atoms with Gasteiger partial charge in [-0.3, -0.25) is 4.72 Å². The third kappa shape index (κ3) is 7.32. The van der Waals surface area contributed by atoms with Crippen LogP contribution in [0.4, 0.5) is 16.3 Å². The van der Waals surface area contributed by atoms with E-state index in [-0.39, 0.29) is 18.1 Å². The van der Waals surface area contributed by atoms with Gasteiger partial charge in [0.15, 0.2) is 0 Å². The van der Waals surface area contributed by atoms with Crippen LogP contribution in [-0.2, 0) is 10.0 Å². The number of pyridine rings is 1. The van der Waals surface area contributed by atoms with Crippen LogP contribution in [-0.4, -0.2) is 38.3 Å². The molecular weight excluding hydrogens is 392 g/mol. The van der Waals surface area contributed by atoms with Gasteiger partial charge in [-0.1, -0.05) is 24.6 Å². The monoisotopic (exact) mass is 412 g/mol. The van der Waals surface area contributed by atoms with Gasteiger partial charge in [-0.05, 0) is 36.8 Å². The van der Waals surface area contributed by atoms with Crippen molar-refractivity contribution in [2.75, 3.05) is 28.9 Å². The molecule has 0 aliphatic heterocycles. The lowest BCUT2D eigenvalue weighted by Crippen LogP contribution is -2.34. The maximum atomic E-state index is 12.0. The molecule has 0 aliphatic rings. The molecule has 0 radical (unpaired) electrons. The van der Waals surface area contributed by atoms with Gasteiger partial charge in [-0.15, -0.1) is 0 Å². The molecule has 10 heteroatoms. The molecule has 1 aromatic heterocycles. The van der Waals surface area contributed by atoms with Gasteiger partial charge in [0.2, 0.25) is 10.0 Å². The average Bonchev–Trinajstić information content (AvgIpc) is 2.61. The third-order valence-corrected chi connectivity index (χ3v) is 4.73. The second-order valence-electron chi connectivity index (χ2n) is 5.51. The van der Waals surface area contributed by atoms with Crippen LogP contribution in [0.25, 0.3) is 0 Å². The van der Waals surface area contributed by atoms with E-state index in [1.54, 1.807) is 30.3 Å². The molecule has 0 saturated carbocycles. The highest BCUT2D eigenvalue weighted by Gasteiger charge is 2.13. The number of rotatable bonds is 9. The van der Waals surface area contributed by atoms with E-state index < -0.39 is 16.1 Å². The van der Waals surface area contributed by atoms with Crippen molar-refractivity contribution in [3.8, 4) is 5.75 Å². The van der Waals surface area contributed by atoms with Gasteiger partial charge in [0.1, 0.15) is 11.6 Å². The van der Waals surface area contributed by atoms with E-state index in [0.717, 1.165) is 6.42 Å². The van der Waals surface area contributed by atoms with Crippen LogP contribution >= 0.6 is 11.6 Å². The summed E-state index contributed by atoms with van der Waals surface area (Å²) >= 11 is 5.95. The van der Waals surface area contributed by atoms with Crippen molar-refractivity contribution < 1.29 is 17.9 Å². The number of nitrogens with one attached hydrogen (secondary N) is 3. The fraction of sp³-hybridized carbons (Fsp3) is 0.294. The minimum atomic E-state index is -3.63. The quantitative estimate of drug-likeness (QED) is 0.586. The van der Waals surface area contributed by atoms with Crippen molar-refractivity contribution in [2.45, 2.75) is 13.3 Å². The molecule has 1 heterocycles. The lowest BCUT2D eigenvalue weighted by molar-refractivity contribution is 0.252. The van der Waals surface area contributed by atoms with Crippen LogP contribution < -0.4 is 20.1 Å². The lowest BCUT2D eigenvalue weighted by atomic mass is 10.3. The number of nitrogens with zero attached hydrogens (tertiary/aromatic N) is 1. The van der Waals surface area contributed by atoms with Crippen LogP contribution in [0.3, 0.4) is 0 Å². The van der Waals surface area contributed by atoms with E-state index >= 15 is 0 Å². The number of benzene rings is 1. The number of aromatic nitrogens is 1. The van der Waals surface area contributed by atoms with E-state index in [4.69, 9.17) is 16.3 Å². The largest absolute Gasteiger partial charge is 0.491 e. The topological polar surface area (TPSA) is 109 Å². The van der Waals surface area contributed by atoms with Gasteiger partial charge >= 0.3 is 6.03 Å². The highest BCUT2D eigenvalue weighted by Crippen LogP contribution is 2.28. The smallest absolute Gasteiger partial charge is 0.319 e. The molecule has 0 saturated heterocycles. The first-order valence-corrected chi connectivity index (χ1v) is 10.3. The maximum absolute atomic E-state index is 12.0. The Hall–Kier alpha value is -2.52. The second kappa shape index (κ2) is 9.98. The summed E-state index contributed by atoms with van der Waals surface area (Å²) in [5.74, 6) is 0.408. The molecule has 0 atom stereocenters. The number of urea groups is 1. The normalized spacial score (nSPS) is 10.9. The summed E-state index contributed by atoms with van der Waals surface area (Å²) in [5.41, 5.74) is 0.405. The summed E-state index contributed by atoms with van der Waals surface area (Å²) in [7, 11) is -3.63. The van der Waals surface area contributed by atoms with Gasteiger partial charge in [0, 0.05) is 17.8 Å². The minimum Gasteiger partial charge on any atom is -0.491 e. The number of anilines is 2. The molecule has 1 aromatic carbocycles. The molecule has 2 rings (SSSR count). The van der Waals surface area contributed by atoms with Gasteiger partial charge in [0.25, 0.3) is 0 Å². The van der Waals surface area contributed by atoms with Crippen molar-refractivity contribution in [1.82, 2.24) is 10.3 Å². The van der Waals surface area contributed by atoms with E-state index in [1.807, 2.05) is 6.92 Å². The fourth-order valence-electron chi connectivity index (χ4n) is 2.04. The Bertz CT molecular complexity index is 862. The summed E-state index contributed by atoms with van der Waals surface area (Å²) in [6, 6.07) is 9.20. The number of carbonyl (C=O) groups excluding carboxylic acids is 1. The van der Waals surface area contributed by atoms with E-state index in [1.165, 1.54) is 12.3 Å². The fourth-order valence-corrected chi connectivity index (χ4v) is 3.12. The molecule has 0 spiro atoms. The maximum Gasteiger partial charge on any atom is 0.319 e. The molecule has 8 nitrogen and oxygen atoms in total. The summed E-state index contributed by atoms with van der Waals surface area (Å²) in [4.78, 5) is 15.9. The zero-order valence-corrected chi connectivity index (χ0v) is 16.3. The van der Waals surface area contributed by atoms with E-state index in [0.29, 0.717) is 23.1 Å². The van der Waals surface area contributed by atoms with Crippen molar-refractivity contribution in [2.24, 2.45) is 0 Å². The number of hydrogen-bond acceptors (Lipinski definition) is 5. The van der Waals surface area contributed by atoms with Crippen LogP contribution in [0.5, 0.6) is 5.75 Å². The predicted molar refractivity (Wildman–Crippen MR) is 106 cm³/mol. The molecule has 0 aliphatic carbocycles. The lowest BCUT2D eigenvalue weighted by Gasteiger charge is -2.13. The highest BCUT2D eigenvalue weighted by molar-refractivity contribution is 7.92. The van der Waals surface area contributed by atoms with Gasteiger partial charge in [-0.25, -0.2) is 18.2 Å². The SMILES string of the molecule is CCCOc1ccc(Cl)cc1NC(=O)NCCS(=O)(=O)Nc1ccccn1. The summed E-state index contributed by atoms with van der Waals surface area (Å²) in [6.45, 7) is 2.38. The standard InChI is InChI=1S/C17H21ClN4O4S/c1-2-10-26-15-7-6-13(18)12-14(15)21-17(23)20-9-11-27(24,25)22-16-5-3-4-8-19-16/h3-8,12H,2,9-11H2,1H3,(H,19,22)(H2,20,21,23). The molecule has 146 valence electrons. The van der Waals surface area contributed by atoms with Gasteiger partial charge < -0.3 is 15.4 Å². The summed E-state index contributed by atoms with van der Waals surface area (Å²) < 4.78 is 31.9. The molecule has 27 heavy (non-hydrogen) atoms. The first-order valence-electron chi connectivity index (χ1n) is 8.28. The van der Waals surface area contributed by atoms with E-state index in [2.05, 4.69) is 20.3 Å². The zero-order valence-electron chi connectivity index (χ0n) is 14.7. The van der Waals surface area contributed by atoms with Crippen molar-refractivity contribution in [1.29, 1.82) is 0 Å². The molecule has 0 fully saturated rings. The number of ether oxygens (including phenoxy) is 1. The van der Waals surface area contributed by atoms with Crippen LogP contribution in [0, 0.1) is 0 Å². The molecule has 3 N–H and O–H groups in total. The number of halogens is 1. The first-order chi connectivity index (χ1) is 12.9. The Labute approximate surface area is 163 Å². The van der Waals surface area contributed by atoms with Gasteiger partial charge in [0.05, 0.1) is 18.0 Å². The zero-order chi connectivity index (χ0) is 19.7. The Morgan fingerprint density at radius 1 is 1.26 bits per heavy atom. The third-order valence-electron chi connectivity index (χ3n) is 3.23. The molecule has 2 aromatic rings. The number of hydrogen-bond donors (Lipinski definition) is 3. The Morgan fingerprint density at radius 3 is 2.78 bits per heavy atom. The average molecular weight is 413 g/mol. The predicted octanol–water partition coefficient (Wildman–Crippen LogP) is 3.09. The van der Waals surface area contributed by atoms with Crippen molar-refractivity contribution >= 4 is 39.2 Å². The van der Waals surface area contributed by atoms with Crippen molar-refractivity contribution in [3.63, 3.8) is 0 Å². The molecular formula is C17H21ClN4O4S. The highest BCUT2D eigenvalue weighted by atomic mass is 35.5. The van der Waals surface area contributed by atoms with Crippen LogP contribution in [0.15, 0.2) is 42.6 Å². The molecule has 0 bridgehead atoms. The molecule has 2 amide bonds.